The van der Waals surface area contributed by atoms with Crippen molar-refractivity contribution in [1.29, 1.82) is 0 Å². The Kier molecular flexibility index (Phi) is 2.33. The van der Waals surface area contributed by atoms with E-state index in [0.29, 0.717) is 12.5 Å². The van der Waals surface area contributed by atoms with E-state index in [1.165, 1.54) is 5.57 Å². The number of ketones is 1. The summed E-state index contributed by atoms with van der Waals surface area (Å²) in [7, 11) is 1.58. The number of carbonyl (C=O) groups excluding carboxylic acids is 1. The van der Waals surface area contributed by atoms with Gasteiger partial charge in [-0.2, -0.15) is 0 Å². The average Bonchev–Trinajstić information content (AvgIpc) is 2.30. The first-order valence-corrected chi connectivity index (χ1v) is 6.50. The second kappa shape index (κ2) is 3.40. The maximum absolute atomic E-state index is 12.4. The van der Waals surface area contributed by atoms with Crippen molar-refractivity contribution >= 4 is 21.7 Å². The number of rotatable bonds is 1. The van der Waals surface area contributed by atoms with Gasteiger partial charge in [-0.1, -0.05) is 21.5 Å². The van der Waals surface area contributed by atoms with Gasteiger partial charge in [-0.3, -0.25) is 4.79 Å². The van der Waals surface area contributed by atoms with Crippen LogP contribution >= 0.6 is 15.9 Å². The van der Waals surface area contributed by atoms with Gasteiger partial charge in [-0.25, -0.2) is 0 Å². The lowest BCUT2D eigenvalue weighted by Gasteiger charge is -2.55. The fourth-order valence-corrected chi connectivity index (χ4v) is 4.46. The SMILES string of the molecule is CO[C@]12OCC[C@@H]3C[C@H](C1=O)C(C)=C(Br)[C@@H]32. The summed E-state index contributed by atoms with van der Waals surface area (Å²) in [5.41, 5.74) is 1.17. The van der Waals surface area contributed by atoms with Gasteiger partial charge in [0.25, 0.3) is 0 Å². The van der Waals surface area contributed by atoms with Gasteiger partial charge in [-0.15, -0.1) is 0 Å². The Morgan fingerprint density at radius 3 is 3.00 bits per heavy atom. The second-order valence-electron chi connectivity index (χ2n) is 4.93. The highest BCUT2D eigenvalue weighted by Gasteiger charge is 2.63. The lowest BCUT2D eigenvalue weighted by molar-refractivity contribution is -0.275. The zero-order valence-electron chi connectivity index (χ0n) is 9.46. The number of carbonyl (C=O) groups is 1. The van der Waals surface area contributed by atoms with Gasteiger partial charge in [0.15, 0.2) is 5.78 Å². The summed E-state index contributed by atoms with van der Waals surface area (Å²) < 4.78 is 12.3. The predicted octanol–water partition coefficient (Wildman–Crippen LogP) is 2.25. The first-order valence-electron chi connectivity index (χ1n) is 5.71. The summed E-state index contributed by atoms with van der Waals surface area (Å²) >= 11 is 3.64. The van der Waals surface area contributed by atoms with Crippen molar-refractivity contribution in [1.82, 2.24) is 0 Å². The normalized spacial score (nSPS) is 46.4. The first kappa shape index (κ1) is 10.9. The maximum atomic E-state index is 12.4. The molecule has 0 amide bonds. The third kappa shape index (κ3) is 1.08. The van der Waals surface area contributed by atoms with Crippen LogP contribution < -0.4 is 0 Å². The van der Waals surface area contributed by atoms with Crippen LogP contribution in [0.4, 0.5) is 0 Å². The Hall–Kier alpha value is -0.190. The summed E-state index contributed by atoms with van der Waals surface area (Å²) in [4.78, 5) is 12.4. The predicted molar refractivity (Wildman–Crippen MR) is 62.0 cm³/mol. The molecule has 2 fully saturated rings. The van der Waals surface area contributed by atoms with Gasteiger partial charge in [-0.05, 0) is 25.7 Å². The minimum atomic E-state index is -0.996. The molecule has 1 saturated carbocycles. The summed E-state index contributed by atoms with van der Waals surface area (Å²) in [6.07, 6.45) is 2.00. The monoisotopic (exact) mass is 286 g/mol. The summed E-state index contributed by atoms with van der Waals surface area (Å²) in [5.74, 6) is -0.288. The largest absolute Gasteiger partial charge is 0.346 e. The molecule has 1 saturated heterocycles. The van der Waals surface area contributed by atoms with Crippen molar-refractivity contribution in [2.24, 2.45) is 17.8 Å². The number of ether oxygens (including phenoxy) is 2. The smallest absolute Gasteiger partial charge is 0.237 e. The molecular formula is C12H15BrO3. The van der Waals surface area contributed by atoms with E-state index in [0.717, 1.165) is 17.3 Å². The van der Waals surface area contributed by atoms with Gasteiger partial charge in [0.2, 0.25) is 5.79 Å². The number of Topliss-reactive ketones (excluding diaryl/α,β-unsaturated/α-hetero) is 1. The molecule has 1 heterocycles. The molecule has 0 aromatic carbocycles. The van der Waals surface area contributed by atoms with Gasteiger partial charge >= 0.3 is 0 Å². The van der Waals surface area contributed by atoms with Crippen LogP contribution in [0, 0.1) is 17.8 Å². The van der Waals surface area contributed by atoms with E-state index < -0.39 is 5.79 Å². The lowest BCUT2D eigenvalue weighted by atomic mass is 9.60. The van der Waals surface area contributed by atoms with Crippen LogP contribution in [0.5, 0.6) is 0 Å². The molecule has 4 rings (SSSR count). The topological polar surface area (TPSA) is 35.5 Å². The zero-order valence-corrected chi connectivity index (χ0v) is 11.0. The molecule has 4 atom stereocenters. The minimum absolute atomic E-state index is 0.00961. The molecule has 3 aliphatic carbocycles. The third-order valence-corrected chi connectivity index (χ3v) is 5.48. The van der Waals surface area contributed by atoms with Crippen molar-refractivity contribution in [3.8, 4) is 0 Å². The van der Waals surface area contributed by atoms with E-state index in [-0.39, 0.29) is 17.6 Å². The first-order chi connectivity index (χ1) is 7.62. The number of methoxy groups -OCH3 is 1. The van der Waals surface area contributed by atoms with E-state index in [9.17, 15) is 4.79 Å². The van der Waals surface area contributed by atoms with Crippen molar-refractivity contribution < 1.29 is 14.3 Å². The van der Waals surface area contributed by atoms with E-state index >= 15 is 0 Å². The molecule has 0 aromatic heterocycles. The molecule has 88 valence electrons. The number of allylic oxidation sites excluding steroid dienone is 1. The highest BCUT2D eigenvalue weighted by Crippen LogP contribution is 2.57. The van der Waals surface area contributed by atoms with Crippen LogP contribution in [0.2, 0.25) is 0 Å². The van der Waals surface area contributed by atoms with Crippen LogP contribution in [-0.4, -0.2) is 25.3 Å². The molecule has 4 aliphatic rings. The maximum Gasteiger partial charge on any atom is 0.237 e. The van der Waals surface area contributed by atoms with Crippen molar-refractivity contribution in [2.75, 3.05) is 13.7 Å². The van der Waals surface area contributed by atoms with Gasteiger partial charge < -0.3 is 9.47 Å². The van der Waals surface area contributed by atoms with Crippen LogP contribution in [0.25, 0.3) is 0 Å². The zero-order chi connectivity index (χ0) is 11.5. The van der Waals surface area contributed by atoms with Crippen LogP contribution in [-0.2, 0) is 14.3 Å². The standard InChI is InChI=1S/C12H15BrO3/c1-6-8-5-7-3-4-16-12(15-2,11(8)14)9(7)10(6)13/h7-9H,3-5H2,1-2H3/t7-,8+,9-,12-/m1/s1. The number of hydrogen-bond donors (Lipinski definition) is 0. The molecule has 0 spiro atoms. The summed E-state index contributed by atoms with van der Waals surface area (Å²) in [6, 6.07) is 0. The van der Waals surface area contributed by atoms with Gasteiger partial charge in [0, 0.05) is 17.5 Å². The highest BCUT2D eigenvalue weighted by molar-refractivity contribution is 9.11. The van der Waals surface area contributed by atoms with Crippen LogP contribution in [0.3, 0.4) is 0 Å². The van der Waals surface area contributed by atoms with Crippen LogP contribution in [0.15, 0.2) is 10.1 Å². The molecule has 0 aromatic rings. The number of hydrogen-bond acceptors (Lipinski definition) is 3. The van der Waals surface area contributed by atoms with Gasteiger partial charge in [0.1, 0.15) is 0 Å². The average molecular weight is 287 g/mol. The lowest BCUT2D eigenvalue weighted by Crippen LogP contribution is -2.64. The molecule has 16 heavy (non-hydrogen) atoms. The van der Waals surface area contributed by atoms with Crippen molar-refractivity contribution in [3.05, 3.63) is 10.1 Å². The molecule has 4 heteroatoms. The summed E-state index contributed by atoms with van der Waals surface area (Å²) in [6.45, 7) is 2.67. The van der Waals surface area contributed by atoms with Crippen molar-refractivity contribution in [3.63, 3.8) is 0 Å². The Balaban J connectivity index is 2.17. The molecule has 1 aliphatic heterocycles. The quantitative estimate of drug-likeness (QED) is 0.742. The molecule has 4 bridgehead atoms. The minimum Gasteiger partial charge on any atom is -0.346 e. The van der Waals surface area contributed by atoms with E-state index in [4.69, 9.17) is 9.47 Å². The van der Waals surface area contributed by atoms with Gasteiger partial charge in [0.05, 0.1) is 12.5 Å². The van der Waals surface area contributed by atoms with Crippen LogP contribution in [0.1, 0.15) is 19.8 Å². The van der Waals surface area contributed by atoms with Crippen molar-refractivity contribution in [2.45, 2.75) is 25.6 Å². The summed E-state index contributed by atoms with van der Waals surface area (Å²) in [5, 5.41) is 0. The molecule has 0 unspecified atom stereocenters. The third-order valence-electron chi connectivity index (χ3n) is 4.36. The Bertz CT molecular complexity index is 390. The molecule has 0 radical (unpaired) electrons. The number of halogens is 1. The highest BCUT2D eigenvalue weighted by atomic mass is 79.9. The molecule has 0 N–H and O–H groups in total. The van der Waals surface area contributed by atoms with E-state index in [1.807, 2.05) is 6.92 Å². The van der Waals surface area contributed by atoms with E-state index in [2.05, 4.69) is 15.9 Å². The fraction of sp³-hybridized carbons (Fsp3) is 0.750. The Morgan fingerprint density at radius 2 is 2.31 bits per heavy atom. The fourth-order valence-electron chi connectivity index (χ4n) is 3.51. The second-order valence-corrected chi connectivity index (χ2v) is 5.78. The van der Waals surface area contributed by atoms with E-state index in [1.54, 1.807) is 7.11 Å². The Morgan fingerprint density at radius 1 is 1.56 bits per heavy atom. The molecule has 3 nitrogen and oxygen atoms in total. The molecular weight excluding hydrogens is 272 g/mol. The Labute approximate surface area is 103 Å².